The smallest absolute Gasteiger partial charge is 0.211 e. The molecule has 0 aliphatic carbocycles. The Labute approximate surface area is 93.3 Å². The molecule has 0 saturated heterocycles. The van der Waals surface area contributed by atoms with Crippen LogP contribution in [-0.4, -0.2) is 13.6 Å². The lowest BCUT2D eigenvalue weighted by molar-refractivity contribution is 0.569. The molecule has 84 valence electrons. The maximum absolute atomic E-state index is 12.8. The average Bonchev–Trinajstić information content (AvgIpc) is 2.17. The summed E-state index contributed by atoms with van der Waals surface area (Å²) in [7, 11) is -3.49. The van der Waals surface area contributed by atoms with Gasteiger partial charge in [-0.2, -0.15) is 0 Å². The van der Waals surface area contributed by atoms with Crippen molar-refractivity contribution in [3.05, 3.63) is 35.6 Å². The molecule has 0 aromatic heterocycles. The Balaban J connectivity index is 2.82. The summed E-state index contributed by atoms with van der Waals surface area (Å²) in [6, 6.07) is 5.25. The fraction of sp³-hybridized carbons (Fsp3) is 0.333. The third-order valence-electron chi connectivity index (χ3n) is 1.85. The van der Waals surface area contributed by atoms with Crippen LogP contribution in [0.25, 0.3) is 0 Å². The van der Waals surface area contributed by atoms with E-state index in [0.29, 0.717) is 5.56 Å². The molecule has 0 aliphatic heterocycles. The number of hydrogen-bond acceptors (Lipinski definition) is 2. The van der Waals surface area contributed by atoms with E-state index >= 15 is 0 Å². The Bertz CT molecular complexity index is 435. The molecule has 0 amide bonds. The first-order valence-electron chi connectivity index (χ1n) is 4.26. The molecule has 15 heavy (non-hydrogen) atoms. The molecule has 1 rings (SSSR count). The number of rotatable bonds is 4. The Hall–Kier alpha value is -0.650. The normalized spacial score (nSPS) is 13.8. The summed E-state index contributed by atoms with van der Waals surface area (Å²) >= 11 is 5.23. The van der Waals surface area contributed by atoms with E-state index in [1.54, 1.807) is 13.0 Å². The predicted molar refractivity (Wildman–Crippen MR) is 57.6 cm³/mol. The van der Waals surface area contributed by atoms with Crippen molar-refractivity contribution in [3.8, 4) is 0 Å². The van der Waals surface area contributed by atoms with Crippen molar-refractivity contribution in [1.29, 1.82) is 0 Å². The quantitative estimate of drug-likeness (QED) is 0.832. The third-order valence-corrected chi connectivity index (χ3v) is 3.71. The Morgan fingerprint density at radius 2 is 2.20 bits per heavy atom. The molecular formula is C9H11ClFNO2S. The van der Waals surface area contributed by atoms with E-state index < -0.39 is 27.1 Å². The van der Waals surface area contributed by atoms with Gasteiger partial charge in [0.1, 0.15) is 11.0 Å². The molecule has 0 aliphatic rings. The van der Waals surface area contributed by atoms with E-state index in [4.69, 9.17) is 11.6 Å². The maximum atomic E-state index is 12.8. The van der Waals surface area contributed by atoms with Gasteiger partial charge in [0.2, 0.25) is 10.0 Å². The Morgan fingerprint density at radius 1 is 1.53 bits per heavy atom. The first-order chi connectivity index (χ1) is 6.94. The highest BCUT2D eigenvalue weighted by Crippen LogP contribution is 2.14. The minimum atomic E-state index is -3.49. The van der Waals surface area contributed by atoms with E-state index in [2.05, 4.69) is 4.72 Å². The molecule has 0 fully saturated rings. The van der Waals surface area contributed by atoms with Crippen LogP contribution in [0.4, 0.5) is 4.39 Å². The van der Waals surface area contributed by atoms with Gasteiger partial charge in [0.25, 0.3) is 0 Å². The van der Waals surface area contributed by atoms with Crippen LogP contribution < -0.4 is 4.72 Å². The zero-order chi connectivity index (χ0) is 11.5. The van der Waals surface area contributed by atoms with Gasteiger partial charge in [-0.05, 0) is 24.6 Å². The fourth-order valence-corrected chi connectivity index (χ4v) is 2.07. The topological polar surface area (TPSA) is 46.2 Å². The van der Waals surface area contributed by atoms with Crippen molar-refractivity contribution in [3.63, 3.8) is 0 Å². The number of halogens is 2. The number of nitrogens with one attached hydrogen (secondary N) is 1. The summed E-state index contributed by atoms with van der Waals surface area (Å²) in [6.45, 7) is 1.62. The van der Waals surface area contributed by atoms with Crippen molar-refractivity contribution in [2.75, 3.05) is 5.21 Å². The lowest BCUT2D eigenvalue weighted by Gasteiger charge is -2.13. The van der Waals surface area contributed by atoms with Crippen molar-refractivity contribution in [2.45, 2.75) is 13.0 Å². The number of benzene rings is 1. The van der Waals surface area contributed by atoms with Crippen LogP contribution in [0.15, 0.2) is 24.3 Å². The second-order valence-electron chi connectivity index (χ2n) is 3.12. The van der Waals surface area contributed by atoms with Gasteiger partial charge in [-0.25, -0.2) is 17.5 Å². The van der Waals surface area contributed by atoms with Gasteiger partial charge in [0.15, 0.2) is 0 Å². The highest BCUT2D eigenvalue weighted by atomic mass is 35.5. The monoisotopic (exact) mass is 251 g/mol. The van der Waals surface area contributed by atoms with Crippen LogP contribution in [0.3, 0.4) is 0 Å². The molecule has 1 atom stereocenters. The van der Waals surface area contributed by atoms with Gasteiger partial charge in [-0.15, -0.1) is 11.6 Å². The van der Waals surface area contributed by atoms with E-state index in [1.165, 1.54) is 18.2 Å². The fourth-order valence-electron chi connectivity index (χ4n) is 1.14. The van der Waals surface area contributed by atoms with E-state index in [-0.39, 0.29) is 0 Å². The summed E-state index contributed by atoms with van der Waals surface area (Å²) in [6.07, 6.45) is 0. The highest BCUT2D eigenvalue weighted by molar-refractivity contribution is 7.90. The molecule has 1 aromatic rings. The minimum absolute atomic E-state index is 0.399. The average molecular weight is 252 g/mol. The maximum Gasteiger partial charge on any atom is 0.226 e. The van der Waals surface area contributed by atoms with E-state index in [9.17, 15) is 12.8 Å². The highest BCUT2D eigenvalue weighted by Gasteiger charge is 2.14. The summed E-state index contributed by atoms with van der Waals surface area (Å²) in [5, 5.41) is -0.507. The van der Waals surface area contributed by atoms with Crippen LogP contribution in [0.2, 0.25) is 0 Å². The van der Waals surface area contributed by atoms with Gasteiger partial charge in [-0.3, -0.25) is 0 Å². The zero-order valence-corrected chi connectivity index (χ0v) is 9.65. The molecule has 0 unspecified atom stereocenters. The lowest BCUT2D eigenvalue weighted by atomic mass is 10.1. The van der Waals surface area contributed by atoms with Gasteiger partial charge in [0.05, 0.1) is 0 Å². The van der Waals surface area contributed by atoms with Crippen molar-refractivity contribution in [1.82, 2.24) is 4.72 Å². The molecule has 1 N–H and O–H groups in total. The first kappa shape index (κ1) is 12.4. The molecule has 1 aromatic carbocycles. The largest absolute Gasteiger partial charge is 0.226 e. The molecule has 3 nitrogen and oxygen atoms in total. The second kappa shape index (κ2) is 4.92. The van der Waals surface area contributed by atoms with Crippen molar-refractivity contribution >= 4 is 21.6 Å². The van der Waals surface area contributed by atoms with Gasteiger partial charge in [-0.1, -0.05) is 12.1 Å². The Kier molecular flexibility index (Phi) is 4.07. The van der Waals surface area contributed by atoms with Crippen LogP contribution in [0.5, 0.6) is 0 Å². The van der Waals surface area contributed by atoms with Gasteiger partial charge in [0, 0.05) is 6.04 Å². The van der Waals surface area contributed by atoms with Crippen LogP contribution in [0, 0.1) is 5.82 Å². The summed E-state index contributed by atoms with van der Waals surface area (Å²) in [4.78, 5) is 0. The number of alkyl halides is 1. The predicted octanol–water partition coefficient (Wildman–Crippen LogP) is 2.00. The third kappa shape index (κ3) is 3.77. The summed E-state index contributed by atoms with van der Waals surface area (Å²) in [5.41, 5.74) is 0.559. The Morgan fingerprint density at radius 3 is 2.73 bits per heavy atom. The van der Waals surface area contributed by atoms with Crippen LogP contribution in [0.1, 0.15) is 18.5 Å². The molecule has 6 heteroatoms. The SMILES string of the molecule is C[C@H](NS(=O)(=O)CCl)c1cccc(F)c1. The van der Waals surface area contributed by atoms with Crippen LogP contribution in [-0.2, 0) is 10.0 Å². The van der Waals surface area contributed by atoms with Crippen molar-refractivity contribution in [2.24, 2.45) is 0 Å². The molecule has 0 saturated carbocycles. The molecule has 0 spiro atoms. The molecular weight excluding hydrogens is 241 g/mol. The van der Waals surface area contributed by atoms with Gasteiger partial charge >= 0.3 is 0 Å². The van der Waals surface area contributed by atoms with E-state index in [1.807, 2.05) is 0 Å². The van der Waals surface area contributed by atoms with Gasteiger partial charge < -0.3 is 0 Å². The first-order valence-corrected chi connectivity index (χ1v) is 6.45. The van der Waals surface area contributed by atoms with Crippen molar-refractivity contribution < 1.29 is 12.8 Å². The summed E-state index contributed by atoms with van der Waals surface area (Å²) < 4.78 is 37.4. The standard InChI is InChI=1S/C9H11ClFNO2S/c1-7(12-15(13,14)6-10)8-3-2-4-9(11)5-8/h2-5,7,12H,6H2,1H3/t7-/m0/s1. The molecule has 0 heterocycles. The lowest BCUT2D eigenvalue weighted by Crippen LogP contribution is -2.27. The number of sulfonamides is 1. The van der Waals surface area contributed by atoms with E-state index in [0.717, 1.165) is 0 Å². The van der Waals surface area contributed by atoms with Crippen LogP contribution >= 0.6 is 11.6 Å². The molecule has 0 bridgehead atoms. The second-order valence-corrected chi connectivity index (χ2v) is 5.46. The molecule has 0 radical (unpaired) electrons. The minimum Gasteiger partial charge on any atom is -0.211 e. The summed E-state index contributed by atoms with van der Waals surface area (Å²) in [5.74, 6) is -0.399. The zero-order valence-electron chi connectivity index (χ0n) is 8.07. The number of hydrogen-bond donors (Lipinski definition) is 1.